The lowest BCUT2D eigenvalue weighted by molar-refractivity contribution is -0.130. The van der Waals surface area contributed by atoms with Crippen LogP contribution in [0, 0.1) is 16.7 Å². The molecule has 1 aliphatic rings. The van der Waals surface area contributed by atoms with E-state index < -0.39 is 11.5 Å². The molecule has 0 aromatic carbocycles. The number of nitrogens with one attached hydrogen (secondary N) is 2. The molecule has 1 aromatic heterocycles. The number of carbonyl (C=O) groups excluding carboxylic acids is 1. The standard InChI is InChI=1S/C11H17N3O2.C10H11N3/c1-14-7-2-4-9(12)11(5-3-6-11)16-8-10(13)15;1-3-8(2)13-10-5-4-9(6-11)7-12-10/h2,4,7,12H,3,5-6,8H2,1H3,(H2,13,15);4-5,7H,2-3H2,1H3,(H,12,13)/b4-2-,12-9?,14-7?;. The maximum absolute atomic E-state index is 10.7. The van der Waals surface area contributed by atoms with Gasteiger partial charge in [0.15, 0.2) is 0 Å². The molecule has 29 heavy (non-hydrogen) atoms. The second kappa shape index (κ2) is 12.2. The molecule has 1 aliphatic carbocycles. The fourth-order valence-corrected chi connectivity index (χ4v) is 2.38. The molecule has 2 rings (SSSR count). The van der Waals surface area contributed by atoms with E-state index in [-0.39, 0.29) is 6.61 Å². The van der Waals surface area contributed by atoms with Gasteiger partial charge in [0.05, 0.1) is 11.3 Å². The van der Waals surface area contributed by atoms with E-state index in [0.717, 1.165) is 37.2 Å². The van der Waals surface area contributed by atoms with Gasteiger partial charge >= 0.3 is 0 Å². The number of carbonyl (C=O) groups is 1. The van der Waals surface area contributed by atoms with Gasteiger partial charge in [0.1, 0.15) is 24.1 Å². The number of nitrogens with two attached hydrogens (primary N) is 1. The van der Waals surface area contributed by atoms with Gasteiger partial charge in [-0.25, -0.2) is 4.98 Å². The SMILES string of the molecule is C=C(CC)Nc1ccc(C#N)cn1.CN=C/C=C\C(=N)C1(OCC(N)=O)CCC1. The number of hydrogen-bond acceptors (Lipinski definition) is 7. The minimum atomic E-state index is -0.604. The molecule has 1 heterocycles. The van der Waals surface area contributed by atoms with E-state index in [1.165, 1.54) is 6.20 Å². The minimum absolute atomic E-state index is 0.127. The zero-order valence-corrected chi connectivity index (χ0v) is 16.9. The maximum atomic E-state index is 10.7. The van der Waals surface area contributed by atoms with E-state index in [0.29, 0.717) is 11.3 Å². The number of nitrogens with zero attached hydrogens (tertiary/aromatic N) is 3. The van der Waals surface area contributed by atoms with E-state index in [1.54, 1.807) is 37.5 Å². The van der Waals surface area contributed by atoms with Crippen molar-refractivity contribution in [2.75, 3.05) is 19.0 Å². The summed E-state index contributed by atoms with van der Waals surface area (Å²) >= 11 is 0. The zero-order chi connectivity index (χ0) is 21.7. The Morgan fingerprint density at radius 1 is 1.55 bits per heavy atom. The Bertz CT molecular complexity index is 801. The number of aliphatic imine (C=N–C) groups is 1. The summed E-state index contributed by atoms with van der Waals surface area (Å²) < 4.78 is 5.42. The van der Waals surface area contributed by atoms with Gasteiger partial charge in [0.25, 0.3) is 0 Å². The van der Waals surface area contributed by atoms with E-state index in [2.05, 4.69) is 21.9 Å². The van der Waals surface area contributed by atoms with Crippen molar-refractivity contribution in [3.05, 3.63) is 48.3 Å². The third kappa shape index (κ3) is 8.07. The van der Waals surface area contributed by atoms with Crippen LogP contribution in [0.5, 0.6) is 0 Å². The largest absolute Gasteiger partial charge is 0.368 e. The Kier molecular flexibility index (Phi) is 9.99. The van der Waals surface area contributed by atoms with Gasteiger partial charge < -0.3 is 21.2 Å². The Morgan fingerprint density at radius 3 is 2.72 bits per heavy atom. The van der Waals surface area contributed by atoms with Crippen molar-refractivity contribution in [3.8, 4) is 6.07 Å². The second-order valence-corrected chi connectivity index (χ2v) is 6.41. The summed E-state index contributed by atoms with van der Waals surface area (Å²) in [5, 5.41) is 19.4. The van der Waals surface area contributed by atoms with Crippen molar-refractivity contribution < 1.29 is 9.53 Å². The molecule has 4 N–H and O–H groups in total. The normalized spacial score (nSPS) is 14.4. The fourth-order valence-electron chi connectivity index (χ4n) is 2.38. The van der Waals surface area contributed by atoms with Crippen molar-refractivity contribution in [1.29, 1.82) is 10.7 Å². The Balaban J connectivity index is 0.000000296. The van der Waals surface area contributed by atoms with Crippen LogP contribution in [-0.2, 0) is 9.53 Å². The summed E-state index contributed by atoms with van der Waals surface area (Å²) in [5.41, 5.74) is 6.27. The first-order valence-electron chi connectivity index (χ1n) is 9.28. The highest BCUT2D eigenvalue weighted by atomic mass is 16.5. The molecule has 1 amide bonds. The van der Waals surface area contributed by atoms with Gasteiger partial charge in [0, 0.05) is 25.2 Å². The monoisotopic (exact) mass is 396 g/mol. The number of allylic oxidation sites excluding steroid dienone is 2. The van der Waals surface area contributed by atoms with Crippen molar-refractivity contribution >= 4 is 23.7 Å². The highest BCUT2D eigenvalue weighted by Gasteiger charge is 2.41. The van der Waals surface area contributed by atoms with Crippen LogP contribution in [0.3, 0.4) is 0 Å². The summed E-state index contributed by atoms with van der Waals surface area (Å²) in [6, 6.07) is 5.49. The number of hydrogen-bond donors (Lipinski definition) is 3. The first kappa shape index (κ1) is 23.7. The lowest BCUT2D eigenvalue weighted by Crippen LogP contribution is -2.48. The number of aromatic nitrogens is 1. The average molecular weight is 396 g/mol. The Labute approximate surface area is 171 Å². The van der Waals surface area contributed by atoms with E-state index in [1.807, 2.05) is 13.0 Å². The smallest absolute Gasteiger partial charge is 0.243 e. The van der Waals surface area contributed by atoms with Crippen LogP contribution in [0.4, 0.5) is 5.82 Å². The molecule has 0 bridgehead atoms. The van der Waals surface area contributed by atoms with Crippen LogP contribution in [0.1, 0.15) is 38.2 Å². The summed E-state index contributed by atoms with van der Waals surface area (Å²) in [4.78, 5) is 18.5. The number of anilines is 1. The fraction of sp³-hybridized carbons (Fsp3) is 0.381. The molecule has 154 valence electrons. The average Bonchev–Trinajstić information content (AvgIpc) is 2.68. The molecule has 0 saturated heterocycles. The number of primary amides is 1. The van der Waals surface area contributed by atoms with E-state index in [9.17, 15) is 4.79 Å². The van der Waals surface area contributed by atoms with Gasteiger partial charge in [-0.2, -0.15) is 5.26 Å². The molecule has 0 radical (unpaired) electrons. The number of pyridine rings is 1. The minimum Gasteiger partial charge on any atom is -0.368 e. The third-order valence-corrected chi connectivity index (χ3v) is 4.27. The lowest BCUT2D eigenvalue weighted by Gasteiger charge is -2.40. The Morgan fingerprint density at radius 2 is 2.28 bits per heavy atom. The van der Waals surface area contributed by atoms with Crippen molar-refractivity contribution in [3.63, 3.8) is 0 Å². The molecule has 0 aliphatic heterocycles. The van der Waals surface area contributed by atoms with Gasteiger partial charge in [-0.1, -0.05) is 13.5 Å². The molecule has 1 fully saturated rings. The molecule has 0 spiro atoms. The molecule has 0 unspecified atom stereocenters. The summed E-state index contributed by atoms with van der Waals surface area (Å²) in [6.45, 7) is 5.68. The molecule has 0 atom stereocenters. The maximum Gasteiger partial charge on any atom is 0.243 e. The van der Waals surface area contributed by atoms with Crippen molar-refractivity contribution in [2.45, 2.75) is 38.2 Å². The van der Waals surface area contributed by atoms with E-state index in [4.69, 9.17) is 21.1 Å². The van der Waals surface area contributed by atoms with Crippen molar-refractivity contribution in [1.82, 2.24) is 4.98 Å². The number of nitriles is 1. The van der Waals surface area contributed by atoms with Gasteiger partial charge in [-0.3, -0.25) is 9.79 Å². The predicted molar refractivity (Wildman–Crippen MR) is 115 cm³/mol. The zero-order valence-electron chi connectivity index (χ0n) is 16.9. The molecule has 1 saturated carbocycles. The van der Waals surface area contributed by atoms with Crippen LogP contribution in [0.15, 0.2) is 47.7 Å². The summed E-state index contributed by atoms with van der Waals surface area (Å²) in [7, 11) is 1.66. The highest BCUT2D eigenvalue weighted by Crippen LogP contribution is 2.36. The van der Waals surface area contributed by atoms with Crippen LogP contribution in [0.2, 0.25) is 0 Å². The van der Waals surface area contributed by atoms with Gasteiger partial charge in [-0.15, -0.1) is 0 Å². The predicted octanol–water partition coefficient (Wildman–Crippen LogP) is 2.98. The van der Waals surface area contributed by atoms with Crippen molar-refractivity contribution in [2.24, 2.45) is 10.7 Å². The topological polar surface area (TPSA) is 137 Å². The molecule has 1 aromatic rings. The molecular formula is C21H28N6O2. The highest BCUT2D eigenvalue weighted by molar-refractivity contribution is 6.02. The van der Waals surface area contributed by atoms with E-state index >= 15 is 0 Å². The molecule has 8 heteroatoms. The van der Waals surface area contributed by atoms with Crippen LogP contribution in [-0.4, -0.2) is 42.1 Å². The van der Waals surface area contributed by atoms with Crippen LogP contribution < -0.4 is 11.1 Å². The third-order valence-electron chi connectivity index (χ3n) is 4.27. The first-order chi connectivity index (χ1) is 13.9. The van der Waals surface area contributed by atoms with Crippen LogP contribution in [0.25, 0.3) is 0 Å². The molecule has 8 nitrogen and oxygen atoms in total. The van der Waals surface area contributed by atoms with Crippen LogP contribution >= 0.6 is 0 Å². The number of amides is 1. The first-order valence-corrected chi connectivity index (χ1v) is 9.28. The quantitative estimate of drug-likeness (QED) is 0.551. The Hall–Kier alpha value is -3.31. The summed E-state index contributed by atoms with van der Waals surface area (Å²) in [5.74, 6) is 0.226. The lowest BCUT2D eigenvalue weighted by atomic mass is 9.76. The molecular weight excluding hydrogens is 368 g/mol. The second-order valence-electron chi connectivity index (χ2n) is 6.41. The number of ether oxygens (including phenoxy) is 1. The van der Waals surface area contributed by atoms with Gasteiger partial charge in [0.2, 0.25) is 5.91 Å². The van der Waals surface area contributed by atoms with Gasteiger partial charge in [-0.05, 0) is 50.0 Å². The number of rotatable bonds is 9. The summed E-state index contributed by atoms with van der Waals surface area (Å²) in [6.07, 6.45) is 9.89.